The molecule has 19 heavy (non-hydrogen) atoms. The molecule has 6 heteroatoms. The highest BCUT2D eigenvalue weighted by Gasteiger charge is 2.20. The van der Waals surface area contributed by atoms with Crippen LogP contribution in [0.3, 0.4) is 0 Å². The highest BCUT2D eigenvalue weighted by atomic mass is 16.5. The normalized spacial score (nSPS) is 14.3. The number of ether oxygens (including phenoxy) is 1. The molecule has 1 fully saturated rings. The summed E-state index contributed by atoms with van der Waals surface area (Å²) in [4.78, 5) is 15.1. The van der Waals surface area contributed by atoms with E-state index in [-0.39, 0.29) is 5.69 Å². The molecule has 0 radical (unpaired) electrons. The van der Waals surface area contributed by atoms with E-state index in [9.17, 15) is 4.79 Å². The second-order valence-corrected chi connectivity index (χ2v) is 4.80. The zero-order chi connectivity index (χ0) is 13.7. The first-order chi connectivity index (χ1) is 9.16. The smallest absolute Gasteiger partial charge is 0.267 e. The Morgan fingerprint density at radius 2 is 2.26 bits per heavy atom. The Kier molecular flexibility index (Phi) is 4.57. The Labute approximate surface area is 112 Å². The monoisotopic (exact) mass is 264 g/mol. The van der Waals surface area contributed by atoms with E-state index in [0.29, 0.717) is 18.1 Å². The van der Waals surface area contributed by atoms with Crippen molar-refractivity contribution in [1.82, 2.24) is 4.98 Å². The van der Waals surface area contributed by atoms with E-state index in [4.69, 9.17) is 16.2 Å². The highest BCUT2D eigenvalue weighted by molar-refractivity contribution is 5.91. The van der Waals surface area contributed by atoms with Gasteiger partial charge in [0.2, 0.25) is 0 Å². The molecule has 0 bridgehead atoms. The van der Waals surface area contributed by atoms with Crippen molar-refractivity contribution in [2.45, 2.75) is 19.3 Å². The maximum absolute atomic E-state index is 11.0. The van der Waals surface area contributed by atoms with Crippen molar-refractivity contribution in [2.24, 2.45) is 11.7 Å². The van der Waals surface area contributed by atoms with Crippen molar-refractivity contribution in [2.75, 3.05) is 30.8 Å². The standard InChI is InChI=1S/C13H20N4O2/c14-10-4-5-11(12(15)18)17-13(10)16-6-1-7-19-8-9-2-3-9/h4-5,9H,1-3,6-8,14H2,(H2,15,18)(H,16,17). The van der Waals surface area contributed by atoms with Crippen LogP contribution in [0.25, 0.3) is 0 Å². The molecule has 5 N–H and O–H groups in total. The molecule has 1 amide bonds. The predicted octanol–water partition coefficient (Wildman–Crippen LogP) is 0.991. The zero-order valence-corrected chi connectivity index (χ0v) is 10.9. The van der Waals surface area contributed by atoms with Gasteiger partial charge < -0.3 is 21.5 Å². The van der Waals surface area contributed by atoms with Gasteiger partial charge in [-0.2, -0.15) is 0 Å². The van der Waals surface area contributed by atoms with E-state index in [1.807, 2.05) is 0 Å². The number of hydrogen-bond acceptors (Lipinski definition) is 5. The molecule has 0 unspecified atom stereocenters. The summed E-state index contributed by atoms with van der Waals surface area (Å²) in [5, 5.41) is 3.09. The molecule has 0 atom stereocenters. The lowest BCUT2D eigenvalue weighted by atomic mass is 10.3. The number of pyridine rings is 1. The predicted molar refractivity (Wildman–Crippen MR) is 73.8 cm³/mol. The van der Waals surface area contributed by atoms with Crippen LogP contribution in [-0.4, -0.2) is 30.6 Å². The van der Waals surface area contributed by atoms with Gasteiger partial charge in [0.1, 0.15) is 11.5 Å². The average Bonchev–Trinajstić information content (AvgIpc) is 3.19. The maximum atomic E-state index is 11.0. The molecule has 1 saturated carbocycles. The van der Waals surface area contributed by atoms with Crippen LogP contribution in [0.2, 0.25) is 0 Å². The molecule has 0 saturated heterocycles. The molecule has 0 aliphatic heterocycles. The maximum Gasteiger partial charge on any atom is 0.267 e. The number of nitrogens with two attached hydrogens (primary N) is 2. The van der Waals surface area contributed by atoms with Crippen LogP contribution in [0.4, 0.5) is 11.5 Å². The van der Waals surface area contributed by atoms with E-state index in [1.165, 1.54) is 18.9 Å². The number of primary amides is 1. The van der Waals surface area contributed by atoms with Gasteiger partial charge in [0.15, 0.2) is 0 Å². The summed E-state index contributed by atoms with van der Waals surface area (Å²) in [5.74, 6) is 0.729. The SMILES string of the molecule is NC(=O)c1ccc(N)c(NCCCOCC2CC2)n1. The number of nitrogens with one attached hydrogen (secondary N) is 1. The highest BCUT2D eigenvalue weighted by Crippen LogP contribution is 2.28. The fraction of sp³-hybridized carbons (Fsp3) is 0.538. The average molecular weight is 264 g/mol. The summed E-state index contributed by atoms with van der Waals surface area (Å²) >= 11 is 0. The van der Waals surface area contributed by atoms with E-state index in [0.717, 1.165) is 25.6 Å². The Bertz CT molecular complexity index is 446. The summed E-state index contributed by atoms with van der Waals surface area (Å²) in [7, 11) is 0. The molecule has 0 spiro atoms. The number of aromatic nitrogens is 1. The van der Waals surface area contributed by atoms with Crippen LogP contribution in [0.5, 0.6) is 0 Å². The van der Waals surface area contributed by atoms with Crippen LogP contribution in [-0.2, 0) is 4.74 Å². The fourth-order valence-corrected chi connectivity index (χ4v) is 1.66. The summed E-state index contributed by atoms with van der Waals surface area (Å²) in [6.45, 7) is 2.29. The number of rotatable bonds is 8. The minimum atomic E-state index is -0.559. The first kappa shape index (κ1) is 13.6. The minimum absolute atomic E-state index is 0.210. The van der Waals surface area contributed by atoms with E-state index in [1.54, 1.807) is 6.07 Å². The number of amides is 1. The van der Waals surface area contributed by atoms with Crippen LogP contribution in [0, 0.1) is 5.92 Å². The van der Waals surface area contributed by atoms with Gasteiger partial charge in [-0.3, -0.25) is 4.79 Å². The number of nitrogen functional groups attached to an aromatic ring is 1. The number of hydrogen-bond donors (Lipinski definition) is 3. The van der Waals surface area contributed by atoms with Gasteiger partial charge in [-0.05, 0) is 37.3 Å². The summed E-state index contributed by atoms with van der Waals surface area (Å²) in [6, 6.07) is 3.14. The number of nitrogens with zero attached hydrogens (tertiary/aromatic N) is 1. The minimum Gasteiger partial charge on any atom is -0.396 e. The second kappa shape index (κ2) is 6.38. The largest absolute Gasteiger partial charge is 0.396 e. The molecule has 1 heterocycles. The van der Waals surface area contributed by atoms with Gasteiger partial charge in [0.05, 0.1) is 5.69 Å². The van der Waals surface area contributed by atoms with E-state index < -0.39 is 5.91 Å². The lowest BCUT2D eigenvalue weighted by molar-refractivity contribution is 0.0995. The molecule has 1 aliphatic rings. The Balaban J connectivity index is 1.71. The van der Waals surface area contributed by atoms with Crippen LogP contribution in [0.1, 0.15) is 29.8 Å². The topological polar surface area (TPSA) is 103 Å². The quantitative estimate of drug-likeness (QED) is 0.607. The summed E-state index contributed by atoms with van der Waals surface area (Å²) in [5.41, 5.74) is 11.7. The van der Waals surface area contributed by atoms with Crippen molar-refractivity contribution in [3.63, 3.8) is 0 Å². The van der Waals surface area contributed by atoms with E-state index >= 15 is 0 Å². The molecule has 0 aromatic carbocycles. The van der Waals surface area contributed by atoms with Crippen LogP contribution in [0.15, 0.2) is 12.1 Å². The summed E-state index contributed by atoms with van der Waals surface area (Å²) < 4.78 is 5.52. The van der Waals surface area contributed by atoms with Crippen molar-refractivity contribution in [1.29, 1.82) is 0 Å². The van der Waals surface area contributed by atoms with Gasteiger partial charge in [-0.25, -0.2) is 4.98 Å². The van der Waals surface area contributed by atoms with Gasteiger partial charge in [-0.1, -0.05) is 0 Å². The fourth-order valence-electron chi connectivity index (χ4n) is 1.66. The number of anilines is 2. The Hall–Kier alpha value is -1.82. The molecular formula is C13H20N4O2. The third kappa shape index (κ3) is 4.40. The van der Waals surface area contributed by atoms with Gasteiger partial charge in [0.25, 0.3) is 5.91 Å². The molecule has 1 aliphatic carbocycles. The van der Waals surface area contributed by atoms with Gasteiger partial charge >= 0.3 is 0 Å². The number of carbonyl (C=O) groups is 1. The molecule has 104 valence electrons. The van der Waals surface area contributed by atoms with Gasteiger partial charge in [0, 0.05) is 19.8 Å². The number of carbonyl (C=O) groups excluding carboxylic acids is 1. The first-order valence-corrected chi connectivity index (χ1v) is 6.55. The molecule has 1 aromatic heterocycles. The Morgan fingerprint density at radius 3 is 2.95 bits per heavy atom. The molecule has 2 rings (SSSR count). The molecule has 1 aromatic rings. The second-order valence-electron chi connectivity index (χ2n) is 4.80. The van der Waals surface area contributed by atoms with Gasteiger partial charge in [-0.15, -0.1) is 0 Å². The lowest BCUT2D eigenvalue weighted by Gasteiger charge is -2.09. The third-order valence-corrected chi connectivity index (χ3v) is 2.99. The molecular weight excluding hydrogens is 244 g/mol. The third-order valence-electron chi connectivity index (χ3n) is 2.99. The molecule has 6 nitrogen and oxygen atoms in total. The van der Waals surface area contributed by atoms with Crippen LogP contribution < -0.4 is 16.8 Å². The van der Waals surface area contributed by atoms with Crippen molar-refractivity contribution in [3.05, 3.63) is 17.8 Å². The van der Waals surface area contributed by atoms with Crippen LogP contribution >= 0.6 is 0 Å². The van der Waals surface area contributed by atoms with E-state index in [2.05, 4.69) is 10.3 Å². The summed E-state index contributed by atoms with van der Waals surface area (Å²) in [6.07, 6.45) is 3.48. The Morgan fingerprint density at radius 1 is 1.47 bits per heavy atom. The lowest BCUT2D eigenvalue weighted by Crippen LogP contribution is -2.16. The zero-order valence-electron chi connectivity index (χ0n) is 10.9. The van der Waals surface area contributed by atoms with Crippen molar-refractivity contribution >= 4 is 17.4 Å². The first-order valence-electron chi connectivity index (χ1n) is 6.55. The van der Waals surface area contributed by atoms with Crippen molar-refractivity contribution < 1.29 is 9.53 Å². The van der Waals surface area contributed by atoms with Crippen molar-refractivity contribution in [3.8, 4) is 0 Å².